The number of pyridine rings is 1. The van der Waals surface area contributed by atoms with E-state index in [1.165, 1.54) is 12.8 Å². The van der Waals surface area contributed by atoms with Gasteiger partial charge in [0.1, 0.15) is 17.6 Å². The van der Waals surface area contributed by atoms with Gasteiger partial charge in [-0.05, 0) is 18.8 Å². The zero-order chi connectivity index (χ0) is 15.4. The van der Waals surface area contributed by atoms with Crippen molar-refractivity contribution in [1.29, 1.82) is 0 Å². The molecule has 1 saturated carbocycles. The van der Waals surface area contributed by atoms with Gasteiger partial charge in [0.15, 0.2) is 0 Å². The number of likely N-dealkylation sites (N-methyl/N-ethyl adjacent to an activating group) is 1. The van der Waals surface area contributed by atoms with Crippen LogP contribution in [0.4, 0.5) is 11.5 Å². The molecule has 8 nitrogen and oxygen atoms in total. The molecule has 1 N–H and O–H groups in total. The summed E-state index contributed by atoms with van der Waals surface area (Å²) in [6, 6.07) is 1.02. The third-order valence-electron chi connectivity index (χ3n) is 3.28. The molecule has 114 valence electrons. The standard InChI is InChI=1S/C13H17N3O5/c1-15(4-5-21-8-9-2-3-9)12-11(13(17)18)6-10(7-14-12)16(19)20/h6-7,9H,2-5,8H2,1H3,(H,17,18). The second kappa shape index (κ2) is 6.49. The van der Waals surface area contributed by atoms with Crippen LogP contribution in [0, 0.1) is 16.0 Å². The highest BCUT2D eigenvalue weighted by Crippen LogP contribution is 2.28. The van der Waals surface area contributed by atoms with Gasteiger partial charge in [-0.15, -0.1) is 0 Å². The Bertz CT molecular complexity index is 545. The van der Waals surface area contributed by atoms with Crippen LogP contribution < -0.4 is 4.90 Å². The molecule has 0 bridgehead atoms. The number of anilines is 1. The second-order valence-electron chi connectivity index (χ2n) is 5.07. The summed E-state index contributed by atoms with van der Waals surface area (Å²) >= 11 is 0. The van der Waals surface area contributed by atoms with Gasteiger partial charge < -0.3 is 14.7 Å². The molecule has 0 aliphatic heterocycles. The zero-order valence-corrected chi connectivity index (χ0v) is 11.7. The minimum Gasteiger partial charge on any atom is -0.478 e. The highest BCUT2D eigenvalue weighted by Gasteiger charge is 2.22. The molecule has 21 heavy (non-hydrogen) atoms. The SMILES string of the molecule is CN(CCOCC1CC1)c1ncc([N+](=O)[O-])cc1C(=O)O. The average molecular weight is 295 g/mol. The first-order valence-corrected chi connectivity index (χ1v) is 6.65. The summed E-state index contributed by atoms with van der Waals surface area (Å²) in [5, 5.41) is 19.8. The van der Waals surface area contributed by atoms with Crippen LogP contribution in [0.5, 0.6) is 0 Å². The van der Waals surface area contributed by atoms with Gasteiger partial charge in [0.2, 0.25) is 0 Å². The number of aromatic carboxylic acids is 1. The van der Waals surface area contributed by atoms with Crippen molar-refractivity contribution in [2.75, 3.05) is 31.7 Å². The molecule has 0 amide bonds. The zero-order valence-electron chi connectivity index (χ0n) is 11.7. The van der Waals surface area contributed by atoms with Crippen LogP contribution in [0.1, 0.15) is 23.2 Å². The molecule has 0 unspecified atom stereocenters. The normalized spacial score (nSPS) is 14.0. The molecule has 0 atom stereocenters. The maximum absolute atomic E-state index is 11.2. The number of carboxylic acid groups (broad SMARTS) is 1. The van der Waals surface area contributed by atoms with E-state index in [0.29, 0.717) is 19.1 Å². The fraction of sp³-hybridized carbons (Fsp3) is 0.538. The monoisotopic (exact) mass is 295 g/mol. The number of carboxylic acids is 1. The Balaban J connectivity index is 2.01. The average Bonchev–Trinajstić information content (AvgIpc) is 3.26. The van der Waals surface area contributed by atoms with Crippen LogP contribution in [0.2, 0.25) is 0 Å². The molecule has 0 spiro atoms. The minimum absolute atomic E-state index is 0.186. The van der Waals surface area contributed by atoms with E-state index in [9.17, 15) is 14.9 Å². The van der Waals surface area contributed by atoms with E-state index in [2.05, 4.69) is 4.98 Å². The van der Waals surface area contributed by atoms with E-state index in [0.717, 1.165) is 18.9 Å². The first-order chi connectivity index (χ1) is 9.99. The fourth-order valence-corrected chi connectivity index (χ4v) is 1.85. The number of ether oxygens (including phenoxy) is 1. The molecule has 2 rings (SSSR count). The van der Waals surface area contributed by atoms with Gasteiger partial charge in [0, 0.05) is 26.3 Å². The third-order valence-corrected chi connectivity index (χ3v) is 3.28. The number of carbonyl (C=O) groups is 1. The van der Waals surface area contributed by atoms with E-state index in [-0.39, 0.29) is 17.1 Å². The topological polar surface area (TPSA) is 106 Å². The fourth-order valence-electron chi connectivity index (χ4n) is 1.85. The molecule has 8 heteroatoms. The molecular weight excluding hydrogens is 278 g/mol. The van der Waals surface area contributed by atoms with Crippen LogP contribution in [-0.4, -0.2) is 47.8 Å². The predicted molar refractivity (Wildman–Crippen MR) is 74.7 cm³/mol. The Morgan fingerprint density at radius 2 is 2.33 bits per heavy atom. The maximum Gasteiger partial charge on any atom is 0.339 e. The molecule has 0 aromatic carbocycles. The number of nitrogens with zero attached hydrogens (tertiary/aromatic N) is 3. The van der Waals surface area contributed by atoms with Crippen molar-refractivity contribution in [2.24, 2.45) is 5.92 Å². The highest BCUT2D eigenvalue weighted by atomic mass is 16.6. The lowest BCUT2D eigenvalue weighted by atomic mass is 10.2. The molecule has 1 aromatic rings. The summed E-state index contributed by atoms with van der Waals surface area (Å²) in [4.78, 5) is 26.7. The van der Waals surface area contributed by atoms with E-state index in [4.69, 9.17) is 9.84 Å². The summed E-state index contributed by atoms with van der Waals surface area (Å²) < 4.78 is 5.49. The van der Waals surface area contributed by atoms with E-state index in [1.807, 2.05) is 0 Å². The first kappa shape index (κ1) is 15.2. The number of nitro groups is 1. The third kappa shape index (κ3) is 4.12. The van der Waals surface area contributed by atoms with Crippen molar-refractivity contribution in [1.82, 2.24) is 4.98 Å². The Hall–Kier alpha value is -2.22. The quantitative estimate of drug-likeness (QED) is 0.440. The predicted octanol–water partition coefficient (Wildman–Crippen LogP) is 1.55. The maximum atomic E-state index is 11.2. The summed E-state index contributed by atoms with van der Waals surface area (Å²) in [7, 11) is 1.68. The molecule has 1 fully saturated rings. The Morgan fingerprint density at radius 3 is 2.90 bits per heavy atom. The highest BCUT2D eigenvalue weighted by molar-refractivity contribution is 5.94. The van der Waals surface area contributed by atoms with E-state index in [1.54, 1.807) is 11.9 Å². The molecular formula is C13H17N3O5. The lowest BCUT2D eigenvalue weighted by Crippen LogP contribution is -2.26. The Labute approximate surface area is 121 Å². The van der Waals surface area contributed by atoms with Crippen LogP contribution in [0.25, 0.3) is 0 Å². The Kier molecular flexibility index (Phi) is 4.69. The van der Waals surface area contributed by atoms with E-state index >= 15 is 0 Å². The molecule has 1 aliphatic carbocycles. The van der Waals surface area contributed by atoms with Gasteiger partial charge in [-0.1, -0.05) is 0 Å². The van der Waals surface area contributed by atoms with Crippen molar-refractivity contribution in [3.63, 3.8) is 0 Å². The lowest BCUT2D eigenvalue weighted by molar-refractivity contribution is -0.385. The first-order valence-electron chi connectivity index (χ1n) is 6.65. The molecule has 0 radical (unpaired) electrons. The van der Waals surface area contributed by atoms with Gasteiger partial charge in [0.05, 0.1) is 11.5 Å². The molecule has 1 aliphatic rings. The van der Waals surface area contributed by atoms with E-state index < -0.39 is 10.9 Å². The van der Waals surface area contributed by atoms with Gasteiger partial charge in [-0.3, -0.25) is 10.1 Å². The summed E-state index contributed by atoms with van der Waals surface area (Å²) in [5.41, 5.74) is -0.525. The molecule has 0 saturated heterocycles. The van der Waals surface area contributed by atoms with Crippen LogP contribution in [0.3, 0.4) is 0 Å². The van der Waals surface area contributed by atoms with Gasteiger partial charge in [-0.25, -0.2) is 9.78 Å². The Morgan fingerprint density at radius 1 is 1.62 bits per heavy atom. The van der Waals surface area contributed by atoms with Gasteiger partial charge in [0.25, 0.3) is 5.69 Å². The number of rotatable bonds is 8. The van der Waals surface area contributed by atoms with Crippen molar-refractivity contribution < 1.29 is 19.6 Å². The number of hydrogen-bond acceptors (Lipinski definition) is 6. The molecule has 1 heterocycles. The smallest absolute Gasteiger partial charge is 0.339 e. The lowest BCUT2D eigenvalue weighted by Gasteiger charge is -2.19. The van der Waals surface area contributed by atoms with Gasteiger partial charge >= 0.3 is 5.97 Å². The second-order valence-corrected chi connectivity index (χ2v) is 5.07. The largest absolute Gasteiger partial charge is 0.478 e. The van der Waals surface area contributed by atoms with Crippen molar-refractivity contribution in [2.45, 2.75) is 12.8 Å². The van der Waals surface area contributed by atoms with Crippen molar-refractivity contribution in [3.05, 3.63) is 27.9 Å². The summed E-state index contributed by atoms with van der Waals surface area (Å²) in [6.45, 7) is 1.66. The number of aromatic nitrogens is 1. The number of hydrogen-bond donors (Lipinski definition) is 1. The van der Waals surface area contributed by atoms with Crippen LogP contribution >= 0.6 is 0 Å². The van der Waals surface area contributed by atoms with Crippen LogP contribution in [-0.2, 0) is 4.74 Å². The van der Waals surface area contributed by atoms with Gasteiger partial charge in [-0.2, -0.15) is 0 Å². The molecule has 1 aromatic heterocycles. The van der Waals surface area contributed by atoms with Crippen molar-refractivity contribution in [3.8, 4) is 0 Å². The van der Waals surface area contributed by atoms with Crippen molar-refractivity contribution >= 4 is 17.5 Å². The minimum atomic E-state index is -1.24. The van der Waals surface area contributed by atoms with Crippen LogP contribution in [0.15, 0.2) is 12.3 Å². The summed E-state index contributed by atoms with van der Waals surface area (Å²) in [6.07, 6.45) is 3.48. The summed E-state index contributed by atoms with van der Waals surface area (Å²) in [5.74, 6) is -0.377.